The lowest BCUT2D eigenvalue weighted by molar-refractivity contribution is 0.382. The Kier molecular flexibility index (Phi) is 5.57. The average Bonchev–Trinajstić information content (AvgIpc) is 1.84. The fourth-order valence-corrected chi connectivity index (χ4v) is 1.39. The highest BCUT2D eigenvalue weighted by Gasteiger charge is 2.08. The van der Waals surface area contributed by atoms with Gasteiger partial charge in [0.1, 0.15) is 0 Å². The van der Waals surface area contributed by atoms with E-state index >= 15 is 0 Å². The first-order valence-electron chi connectivity index (χ1n) is 4.82. The molecule has 1 heteroatoms. The predicted molar refractivity (Wildman–Crippen MR) is 51.8 cm³/mol. The lowest BCUT2D eigenvalue weighted by atomic mass is 10.0. The van der Waals surface area contributed by atoms with E-state index in [1.807, 2.05) is 0 Å². The zero-order chi connectivity index (χ0) is 8.85. The van der Waals surface area contributed by atoms with E-state index in [4.69, 9.17) is 0 Å². The topological polar surface area (TPSA) is 12.0 Å². The highest BCUT2D eigenvalue weighted by atomic mass is 14.9. The molecular weight excluding hydrogens is 134 g/mol. The molecule has 1 unspecified atom stereocenters. The molecule has 0 aromatic carbocycles. The summed E-state index contributed by atoms with van der Waals surface area (Å²) in [6, 6.07) is 1.34. The van der Waals surface area contributed by atoms with Gasteiger partial charge in [-0.1, -0.05) is 34.6 Å². The third-order valence-corrected chi connectivity index (χ3v) is 1.82. The van der Waals surface area contributed by atoms with Crippen LogP contribution >= 0.6 is 0 Å². The summed E-state index contributed by atoms with van der Waals surface area (Å²) < 4.78 is 0. The summed E-state index contributed by atoms with van der Waals surface area (Å²) >= 11 is 0. The first-order chi connectivity index (χ1) is 5.06. The number of hydrogen-bond donors (Lipinski definition) is 1. The summed E-state index contributed by atoms with van der Waals surface area (Å²) in [4.78, 5) is 0. The molecule has 0 saturated heterocycles. The van der Waals surface area contributed by atoms with Crippen molar-refractivity contribution in [2.75, 3.05) is 0 Å². The summed E-state index contributed by atoms with van der Waals surface area (Å²) in [5, 5.41) is 3.56. The van der Waals surface area contributed by atoms with Gasteiger partial charge in [-0.3, -0.25) is 0 Å². The van der Waals surface area contributed by atoms with E-state index in [9.17, 15) is 0 Å². The minimum atomic E-state index is 0.624. The molecular formula is C10H23N. The van der Waals surface area contributed by atoms with E-state index in [1.54, 1.807) is 0 Å². The number of rotatable bonds is 5. The zero-order valence-electron chi connectivity index (χ0n) is 8.65. The average molecular weight is 157 g/mol. The fraction of sp³-hybridized carbons (Fsp3) is 1.00. The molecule has 0 amide bonds. The number of nitrogens with one attached hydrogen (secondary N) is 1. The number of hydrogen-bond acceptors (Lipinski definition) is 1. The van der Waals surface area contributed by atoms with Crippen LogP contribution in [0, 0.1) is 5.92 Å². The van der Waals surface area contributed by atoms with Gasteiger partial charge in [0, 0.05) is 12.1 Å². The molecule has 0 aromatic rings. The van der Waals surface area contributed by atoms with Crippen LogP contribution in [0.5, 0.6) is 0 Å². The second-order valence-electron chi connectivity index (χ2n) is 4.06. The largest absolute Gasteiger partial charge is 0.312 e. The molecule has 0 fully saturated rings. The van der Waals surface area contributed by atoms with Gasteiger partial charge in [0.25, 0.3) is 0 Å². The summed E-state index contributed by atoms with van der Waals surface area (Å²) in [5.41, 5.74) is 0. The molecule has 0 aliphatic rings. The Morgan fingerprint density at radius 3 is 1.91 bits per heavy atom. The first-order valence-corrected chi connectivity index (χ1v) is 4.82. The zero-order valence-corrected chi connectivity index (χ0v) is 8.65. The maximum atomic E-state index is 3.56. The lowest BCUT2D eigenvalue weighted by Gasteiger charge is -2.21. The molecule has 1 atom stereocenters. The van der Waals surface area contributed by atoms with E-state index in [-0.39, 0.29) is 0 Å². The van der Waals surface area contributed by atoms with Gasteiger partial charge < -0.3 is 5.32 Å². The van der Waals surface area contributed by atoms with Gasteiger partial charge in [-0.15, -0.1) is 0 Å². The second kappa shape index (κ2) is 5.59. The van der Waals surface area contributed by atoms with Crippen molar-refractivity contribution < 1.29 is 0 Å². The van der Waals surface area contributed by atoms with Gasteiger partial charge in [-0.05, 0) is 18.8 Å². The lowest BCUT2D eigenvalue weighted by Crippen LogP contribution is -2.35. The van der Waals surface area contributed by atoms with E-state index in [2.05, 4.69) is 39.9 Å². The van der Waals surface area contributed by atoms with Crippen LogP contribution in [0.1, 0.15) is 47.5 Å². The monoisotopic (exact) mass is 157 g/mol. The van der Waals surface area contributed by atoms with Gasteiger partial charge in [-0.25, -0.2) is 0 Å². The summed E-state index contributed by atoms with van der Waals surface area (Å²) in [6.07, 6.45) is 2.55. The minimum Gasteiger partial charge on any atom is -0.312 e. The van der Waals surface area contributed by atoms with Crippen LogP contribution in [-0.2, 0) is 0 Å². The highest BCUT2D eigenvalue weighted by Crippen LogP contribution is 2.07. The van der Waals surface area contributed by atoms with Gasteiger partial charge >= 0.3 is 0 Å². The summed E-state index contributed by atoms with van der Waals surface area (Å²) in [7, 11) is 0. The molecule has 0 saturated carbocycles. The van der Waals surface area contributed by atoms with Crippen molar-refractivity contribution in [1.82, 2.24) is 5.32 Å². The van der Waals surface area contributed by atoms with Gasteiger partial charge in [0.15, 0.2) is 0 Å². The third kappa shape index (κ3) is 6.36. The maximum Gasteiger partial charge on any atom is 0.00692 e. The molecule has 1 N–H and O–H groups in total. The predicted octanol–water partition coefficient (Wildman–Crippen LogP) is 2.81. The van der Waals surface area contributed by atoms with E-state index in [0.29, 0.717) is 6.04 Å². The van der Waals surface area contributed by atoms with Crippen molar-refractivity contribution >= 4 is 0 Å². The van der Waals surface area contributed by atoms with Crippen LogP contribution in [0.2, 0.25) is 0 Å². The van der Waals surface area contributed by atoms with E-state index in [0.717, 1.165) is 12.0 Å². The van der Waals surface area contributed by atoms with Crippen LogP contribution in [0.4, 0.5) is 0 Å². The Labute approximate surface area is 71.6 Å². The molecule has 0 spiro atoms. The Bertz CT molecular complexity index is 76.9. The normalized spacial score (nSPS) is 14.5. The van der Waals surface area contributed by atoms with Crippen molar-refractivity contribution in [1.29, 1.82) is 0 Å². The molecule has 0 radical (unpaired) electrons. The van der Waals surface area contributed by atoms with E-state index < -0.39 is 0 Å². The van der Waals surface area contributed by atoms with Crippen molar-refractivity contribution in [2.45, 2.75) is 59.5 Å². The molecule has 0 aromatic heterocycles. The van der Waals surface area contributed by atoms with Gasteiger partial charge in [-0.2, -0.15) is 0 Å². The molecule has 0 bridgehead atoms. The van der Waals surface area contributed by atoms with Crippen LogP contribution < -0.4 is 5.32 Å². The third-order valence-electron chi connectivity index (χ3n) is 1.82. The van der Waals surface area contributed by atoms with Crippen molar-refractivity contribution in [3.8, 4) is 0 Å². The van der Waals surface area contributed by atoms with Crippen molar-refractivity contribution in [3.63, 3.8) is 0 Å². The van der Waals surface area contributed by atoms with Crippen LogP contribution in [-0.4, -0.2) is 12.1 Å². The fourth-order valence-electron chi connectivity index (χ4n) is 1.39. The molecule has 0 aliphatic heterocycles. The summed E-state index contributed by atoms with van der Waals surface area (Å²) in [5.74, 6) is 0.811. The maximum absolute atomic E-state index is 3.56. The Hall–Kier alpha value is -0.0400. The molecule has 68 valence electrons. The van der Waals surface area contributed by atoms with Gasteiger partial charge in [0.2, 0.25) is 0 Å². The molecule has 1 nitrogen and oxygen atoms in total. The smallest absolute Gasteiger partial charge is 0.00692 e. The molecule has 0 rings (SSSR count). The van der Waals surface area contributed by atoms with Crippen LogP contribution in [0.15, 0.2) is 0 Å². The highest BCUT2D eigenvalue weighted by molar-refractivity contribution is 4.68. The van der Waals surface area contributed by atoms with Crippen LogP contribution in [0.3, 0.4) is 0 Å². The van der Waals surface area contributed by atoms with E-state index in [1.165, 1.54) is 12.8 Å². The van der Waals surface area contributed by atoms with Crippen LogP contribution in [0.25, 0.3) is 0 Å². The van der Waals surface area contributed by atoms with Crippen molar-refractivity contribution in [3.05, 3.63) is 0 Å². The Morgan fingerprint density at radius 1 is 1.09 bits per heavy atom. The van der Waals surface area contributed by atoms with Crippen molar-refractivity contribution in [2.24, 2.45) is 5.92 Å². The molecule has 11 heavy (non-hydrogen) atoms. The summed E-state index contributed by atoms with van der Waals surface area (Å²) in [6.45, 7) is 11.2. The molecule has 0 heterocycles. The Morgan fingerprint density at radius 2 is 1.64 bits per heavy atom. The minimum absolute atomic E-state index is 0.624. The quantitative estimate of drug-likeness (QED) is 0.647. The SMILES string of the molecule is CCC(CC(C)C)NC(C)C. The Balaban J connectivity index is 3.58. The second-order valence-corrected chi connectivity index (χ2v) is 4.06. The molecule has 0 aliphatic carbocycles. The van der Waals surface area contributed by atoms with Gasteiger partial charge in [0.05, 0.1) is 0 Å². The standard InChI is InChI=1S/C10H23N/c1-6-10(7-8(2)3)11-9(4)5/h8-11H,6-7H2,1-5H3. The first kappa shape index (κ1) is 11.0.